The number of aromatic nitrogens is 2. The molecule has 3 rings (SSSR count). The number of nitrogens with two attached hydrogens (primary N) is 1. The number of rotatable bonds is 3. The van der Waals surface area contributed by atoms with E-state index < -0.39 is 5.91 Å². The molecule has 124 valence electrons. The molecule has 1 fully saturated rings. The molecule has 8 heteroatoms. The van der Waals surface area contributed by atoms with Gasteiger partial charge >= 0.3 is 0 Å². The molecule has 2 N–H and O–H groups in total. The summed E-state index contributed by atoms with van der Waals surface area (Å²) < 4.78 is 0. The predicted octanol–water partition coefficient (Wildman–Crippen LogP) is 1.19. The van der Waals surface area contributed by atoms with E-state index in [0.29, 0.717) is 42.6 Å². The van der Waals surface area contributed by atoms with Crippen molar-refractivity contribution in [3.63, 3.8) is 0 Å². The van der Waals surface area contributed by atoms with Crippen molar-refractivity contribution in [1.29, 1.82) is 0 Å². The van der Waals surface area contributed by atoms with Crippen LogP contribution in [-0.2, 0) is 0 Å². The third-order valence-electron chi connectivity index (χ3n) is 3.86. The van der Waals surface area contributed by atoms with Gasteiger partial charge in [-0.15, -0.1) is 0 Å². The maximum absolute atomic E-state index is 12.5. The highest BCUT2D eigenvalue weighted by molar-refractivity contribution is 6.30. The quantitative estimate of drug-likeness (QED) is 0.902. The topological polar surface area (TPSA) is 92.4 Å². The second kappa shape index (κ2) is 6.84. The van der Waals surface area contributed by atoms with E-state index in [1.165, 1.54) is 6.20 Å². The SMILES string of the molecule is NC(=O)c1cncc(N2CCN(C(=O)c3ccc(Cl)cc3)CC2)n1. The highest BCUT2D eigenvalue weighted by Gasteiger charge is 2.23. The minimum Gasteiger partial charge on any atom is -0.364 e. The fourth-order valence-corrected chi connectivity index (χ4v) is 2.67. The Balaban J connectivity index is 1.65. The van der Waals surface area contributed by atoms with E-state index >= 15 is 0 Å². The molecule has 2 aromatic rings. The molecule has 1 aliphatic rings. The zero-order chi connectivity index (χ0) is 17.1. The second-order valence-corrected chi connectivity index (χ2v) is 5.85. The Morgan fingerprint density at radius 1 is 1.04 bits per heavy atom. The van der Waals surface area contributed by atoms with E-state index in [0.717, 1.165) is 0 Å². The molecular weight excluding hydrogens is 330 g/mol. The first-order chi connectivity index (χ1) is 11.5. The monoisotopic (exact) mass is 345 g/mol. The van der Waals surface area contributed by atoms with E-state index in [1.54, 1.807) is 35.4 Å². The van der Waals surface area contributed by atoms with Gasteiger partial charge in [-0.3, -0.25) is 14.6 Å². The van der Waals surface area contributed by atoms with Crippen LogP contribution >= 0.6 is 11.6 Å². The molecule has 1 saturated heterocycles. The van der Waals surface area contributed by atoms with Gasteiger partial charge in [-0.05, 0) is 24.3 Å². The van der Waals surface area contributed by atoms with Crippen molar-refractivity contribution < 1.29 is 9.59 Å². The molecule has 1 aromatic heterocycles. The molecule has 1 aromatic carbocycles. The van der Waals surface area contributed by atoms with Crippen LogP contribution in [0.5, 0.6) is 0 Å². The van der Waals surface area contributed by atoms with Crippen molar-refractivity contribution in [3.05, 3.63) is 52.9 Å². The number of carbonyl (C=O) groups is 2. The molecule has 24 heavy (non-hydrogen) atoms. The largest absolute Gasteiger partial charge is 0.364 e. The first-order valence-corrected chi connectivity index (χ1v) is 7.84. The zero-order valence-electron chi connectivity index (χ0n) is 12.9. The van der Waals surface area contributed by atoms with Crippen LogP contribution in [0.4, 0.5) is 5.82 Å². The zero-order valence-corrected chi connectivity index (χ0v) is 13.6. The molecular formula is C16H16ClN5O2. The third kappa shape index (κ3) is 3.46. The number of hydrogen-bond donors (Lipinski definition) is 1. The summed E-state index contributed by atoms with van der Waals surface area (Å²) in [5.74, 6) is -0.0471. The van der Waals surface area contributed by atoms with E-state index in [1.807, 2.05) is 4.90 Å². The molecule has 0 spiro atoms. The van der Waals surface area contributed by atoms with Crippen LogP contribution in [0.25, 0.3) is 0 Å². The summed E-state index contributed by atoms with van der Waals surface area (Å²) in [4.78, 5) is 35.6. The van der Waals surface area contributed by atoms with E-state index in [9.17, 15) is 9.59 Å². The molecule has 0 atom stereocenters. The number of piperazine rings is 1. The van der Waals surface area contributed by atoms with Crippen molar-refractivity contribution in [1.82, 2.24) is 14.9 Å². The van der Waals surface area contributed by atoms with Crippen LogP contribution in [0.15, 0.2) is 36.7 Å². The summed E-state index contributed by atoms with van der Waals surface area (Å²) in [6, 6.07) is 6.85. The fraction of sp³-hybridized carbons (Fsp3) is 0.250. The molecule has 0 unspecified atom stereocenters. The Hall–Kier alpha value is -2.67. The average molecular weight is 346 g/mol. The van der Waals surface area contributed by atoms with Gasteiger partial charge in [0.05, 0.1) is 12.4 Å². The third-order valence-corrected chi connectivity index (χ3v) is 4.11. The van der Waals surface area contributed by atoms with Gasteiger partial charge in [0, 0.05) is 36.8 Å². The van der Waals surface area contributed by atoms with Crippen LogP contribution in [0, 0.1) is 0 Å². The Morgan fingerprint density at radius 2 is 1.71 bits per heavy atom. The van der Waals surface area contributed by atoms with Crippen LogP contribution in [0.3, 0.4) is 0 Å². The van der Waals surface area contributed by atoms with Crippen molar-refractivity contribution in [2.45, 2.75) is 0 Å². The minimum absolute atomic E-state index is 0.0247. The van der Waals surface area contributed by atoms with Crippen molar-refractivity contribution in [2.75, 3.05) is 31.1 Å². The molecule has 0 bridgehead atoms. The number of halogens is 1. The number of hydrogen-bond acceptors (Lipinski definition) is 5. The number of primary amides is 1. The van der Waals surface area contributed by atoms with Gasteiger partial charge in [-0.2, -0.15) is 0 Å². The van der Waals surface area contributed by atoms with Gasteiger partial charge in [-0.1, -0.05) is 11.6 Å². The predicted molar refractivity (Wildman–Crippen MR) is 90.1 cm³/mol. The normalized spacial score (nSPS) is 14.5. The van der Waals surface area contributed by atoms with Crippen LogP contribution in [0.2, 0.25) is 5.02 Å². The number of anilines is 1. The summed E-state index contributed by atoms with van der Waals surface area (Å²) in [5, 5.41) is 0.601. The van der Waals surface area contributed by atoms with Crippen molar-refractivity contribution in [3.8, 4) is 0 Å². The van der Waals surface area contributed by atoms with Crippen molar-refractivity contribution in [2.24, 2.45) is 5.73 Å². The fourth-order valence-electron chi connectivity index (χ4n) is 2.54. The van der Waals surface area contributed by atoms with Gasteiger partial charge in [0.1, 0.15) is 11.5 Å². The van der Waals surface area contributed by atoms with Crippen molar-refractivity contribution >= 4 is 29.2 Å². The molecule has 2 amide bonds. The molecule has 0 radical (unpaired) electrons. The van der Waals surface area contributed by atoms with Gasteiger partial charge in [-0.25, -0.2) is 4.98 Å². The summed E-state index contributed by atoms with van der Waals surface area (Å²) in [6.45, 7) is 2.33. The lowest BCUT2D eigenvalue weighted by Gasteiger charge is -2.35. The number of nitrogens with zero attached hydrogens (tertiary/aromatic N) is 4. The highest BCUT2D eigenvalue weighted by Crippen LogP contribution is 2.16. The van der Waals surface area contributed by atoms with Crippen LogP contribution in [-0.4, -0.2) is 52.9 Å². The lowest BCUT2D eigenvalue weighted by molar-refractivity contribution is 0.0746. The maximum atomic E-state index is 12.5. The van der Waals surface area contributed by atoms with Crippen LogP contribution in [0.1, 0.15) is 20.8 Å². The molecule has 1 aliphatic heterocycles. The molecule has 7 nitrogen and oxygen atoms in total. The maximum Gasteiger partial charge on any atom is 0.268 e. The molecule has 0 saturated carbocycles. The Morgan fingerprint density at radius 3 is 2.33 bits per heavy atom. The number of benzene rings is 1. The summed E-state index contributed by atoms with van der Waals surface area (Å²) in [6.07, 6.45) is 2.93. The second-order valence-electron chi connectivity index (χ2n) is 5.41. The average Bonchev–Trinajstić information content (AvgIpc) is 2.62. The lowest BCUT2D eigenvalue weighted by Crippen LogP contribution is -2.49. The minimum atomic E-state index is -0.610. The van der Waals surface area contributed by atoms with E-state index in [4.69, 9.17) is 17.3 Å². The highest BCUT2D eigenvalue weighted by atomic mass is 35.5. The first-order valence-electron chi connectivity index (χ1n) is 7.46. The first kappa shape index (κ1) is 16.2. The van der Waals surface area contributed by atoms with Gasteiger partial charge in [0.2, 0.25) is 0 Å². The van der Waals surface area contributed by atoms with E-state index in [-0.39, 0.29) is 11.6 Å². The smallest absolute Gasteiger partial charge is 0.268 e. The molecule has 0 aliphatic carbocycles. The number of amides is 2. The summed E-state index contributed by atoms with van der Waals surface area (Å²) in [5.41, 5.74) is 5.97. The van der Waals surface area contributed by atoms with Gasteiger partial charge in [0.15, 0.2) is 0 Å². The standard InChI is InChI=1S/C16H16ClN5O2/c17-12-3-1-11(2-4-12)16(24)22-7-5-21(6-8-22)14-10-19-9-13(20-14)15(18)23/h1-4,9-10H,5-8H2,(H2,18,23). The van der Waals surface area contributed by atoms with Gasteiger partial charge in [0.25, 0.3) is 11.8 Å². The number of carbonyl (C=O) groups excluding carboxylic acids is 2. The molecule has 2 heterocycles. The summed E-state index contributed by atoms with van der Waals surface area (Å²) >= 11 is 5.85. The summed E-state index contributed by atoms with van der Waals surface area (Å²) in [7, 11) is 0. The Labute approximate surface area is 144 Å². The van der Waals surface area contributed by atoms with Gasteiger partial charge < -0.3 is 15.5 Å². The van der Waals surface area contributed by atoms with E-state index in [2.05, 4.69) is 9.97 Å². The Kier molecular flexibility index (Phi) is 4.61. The Bertz CT molecular complexity index is 757. The lowest BCUT2D eigenvalue weighted by atomic mass is 10.2. The van der Waals surface area contributed by atoms with Crippen LogP contribution < -0.4 is 10.6 Å².